The van der Waals surface area contributed by atoms with Crippen molar-refractivity contribution < 1.29 is 22.7 Å². The van der Waals surface area contributed by atoms with Crippen molar-refractivity contribution in [2.75, 3.05) is 32.7 Å². The van der Waals surface area contributed by atoms with Gasteiger partial charge in [-0.05, 0) is 24.3 Å². The largest absolute Gasteiger partial charge is 0.573 e. The molecule has 0 N–H and O–H groups in total. The number of alkyl halides is 3. The van der Waals surface area contributed by atoms with Crippen LogP contribution in [0.15, 0.2) is 36.7 Å². The van der Waals surface area contributed by atoms with Crippen LogP contribution in [0.1, 0.15) is 35.9 Å². The number of imidazole rings is 1. The number of halogens is 3. The fourth-order valence-electron chi connectivity index (χ4n) is 3.42. The van der Waals surface area contributed by atoms with Gasteiger partial charge in [0, 0.05) is 63.1 Å². The molecule has 2 aromatic rings. The van der Waals surface area contributed by atoms with Crippen LogP contribution in [0.4, 0.5) is 13.2 Å². The minimum Gasteiger partial charge on any atom is -0.406 e. The van der Waals surface area contributed by atoms with Crippen LogP contribution in [-0.2, 0) is 6.54 Å². The summed E-state index contributed by atoms with van der Waals surface area (Å²) in [4.78, 5) is 21.0. The summed E-state index contributed by atoms with van der Waals surface area (Å²) in [5, 5.41) is 0. The highest BCUT2D eigenvalue weighted by molar-refractivity contribution is 5.94. The van der Waals surface area contributed by atoms with Gasteiger partial charge in [0.1, 0.15) is 11.6 Å². The number of hydrogen-bond acceptors (Lipinski definition) is 4. The summed E-state index contributed by atoms with van der Waals surface area (Å²) in [6.45, 7) is 8.64. The molecule has 2 heterocycles. The second kappa shape index (κ2) is 8.86. The van der Waals surface area contributed by atoms with Crippen molar-refractivity contribution >= 4 is 5.91 Å². The Balaban J connectivity index is 1.48. The van der Waals surface area contributed by atoms with Gasteiger partial charge in [-0.3, -0.25) is 9.69 Å². The number of ether oxygens (including phenoxy) is 1. The van der Waals surface area contributed by atoms with Gasteiger partial charge in [-0.1, -0.05) is 13.8 Å². The third-order valence-electron chi connectivity index (χ3n) is 4.92. The van der Waals surface area contributed by atoms with Crippen molar-refractivity contribution in [1.29, 1.82) is 0 Å². The molecule has 158 valence electrons. The second-order valence-corrected chi connectivity index (χ2v) is 7.34. The Morgan fingerprint density at radius 1 is 1.10 bits per heavy atom. The Morgan fingerprint density at radius 3 is 2.34 bits per heavy atom. The van der Waals surface area contributed by atoms with Crippen LogP contribution < -0.4 is 4.74 Å². The molecule has 0 aliphatic carbocycles. The highest BCUT2D eigenvalue weighted by Crippen LogP contribution is 2.23. The molecule has 1 amide bonds. The molecule has 0 saturated carbocycles. The lowest BCUT2D eigenvalue weighted by Crippen LogP contribution is -2.49. The van der Waals surface area contributed by atoms with Crippen molar-refractivity contribution in [3.63, 3.8) is 0 Å². The van der Waals surface area contributed by atoms with Crippen LogP contribution in [0.25, 0.3) is 0 Å². The Bertz CT molecular complexity index is 810. The topological polar surface area (TPSA) is 50.6 Å². The summed E-state index contributed by atoms with van der Waals surface area (Å²) in [7, 11) is 0. The first kappa shape index (κ1) is 21.2. The van der Waals surface area contributed by atoms with Crippen LogP contribution in [0, 0.1) is 0 Å². The smallest absolute Gasteiger partial charge is 0.406 e. The number of carbonyl (C=O) groups is 1. The van der Waals surface area contributed by atoms with Crippen molar-refractivity contribution in [3.05, 3.63) is 48.0 Å². The number of piperazine rings is 1. The maximum Gasteiger partial charge on any atom is 0.573 e. The Labute approximate surface area is 167 Å². The van der Waals surface area contributed by atoms with E-state index in [2.05, 4.69) is 33.0 Å². The standard InChI is InChI=1S/C20H25F3N4O2/c1-15(2)18-24-7-8-26(18)12-9-25-10-13-27(14-11-25)19(28)16-3-5-17(6-4-16)29-20(21,22)23/h3-8,15H,9-14H2,1-2H3. The molecular weight excluding hydrogens is 385 g/mol. The number of carbonyl (C=O) groups excluding carboxylic acids is 1. The number of nitrogens with zero attached hydrogens (tertiary/aromatic N) is 4. The van der Waals surface area contributed by atoms with E-state index >= 15 is 0 Å². The van der Waals surface area contributed by atoms with E-state index in [1.54, 1.807) is 4.90 Å². The van der Waals surface area contributed by atoms with E-state index in [-0.39, 0.29) is 11.7 Å². The molecule has 1 fully saturated rings. The SMILES string of the molecule is CC(C)c1nccn1CCN1CCN(C(=O)c2ccc(OC(F)(F)F)cc2)CC1. The minimum atomic E-state index is -4.74. The van der Waals surface area contributed by atoms with Crippen molar-refractivity contribution in [2.24, 2.45) is 0 Å². The third-order valence-corrected chi connectivity index (χ3v) is 4.92. The fourth-order valence-corrected chi connectivity index (χ4v) is 3.42. The van der Waals surface area contributed by atoms with E-state index in [9.17, 15) is 18.0 Å². The number of amides is 1. The molecule has 3 rings (SSSR count). The first-order valence-corrected chi connectivity index (χ1v) is 9.61. The summed E-state index contributed by atoms with van der Waals surface area (Å²) in [5.41, 5.74) is 0.355. The van der Waals surface area contributed by atoms with E-state index in [0.717, 1.165) is 44.1 Å². The predicted octanol–water partition coefficient (Wildman–Crippen LogP) is 3.36. The molecule has 29 heavy (non-hydrogen) atoms. The minimum absolute atomic E-state index is 0.181. The maximum atomic E-state index is 12.6. The van der Waals surface area contributed by atoms with Gasteiger partial charge in [0.15, 0.2) is 0 Å². The second-order valence-electron chi connectivity index (χ2n) is 7.34. The van der Waals surface area contributed by atoms with Crippen molar-refractivity contribution in [3.8, 4) is 5.75 Å². The third kappa shape index (κ3) is 5.72. The molecule has 0 atom stereocenters. The summed E-state index contributed by atoms with van der Waals surface area (Å²) >= 11 is 0. The quantitative estimate of drug-likeness (QED) is 0.733. The van der Waals surface area contributed by atoms with Gasteiger partial charge in [0.2, 0.25) is 0 Å². The van der Waals surface area contributed by atoms with Crippen LogP contribution in [0.5, 0.6) is 5.75 Å². The van der Waals surface area contributed by atoms with Crippen molar-refractivity contribution in [1.82, 2.24) is 19.4 Å². The maximum absolute atomic E-state index is 12.6. The zero-order valence-corrected chi connectivity index (χ0v) is 16.5. The Hall–Kier alpha value is -2.55. The average Bonchev–Trinajstić information content (AvgIpc) is 3.15. The van der Waals surface area contributed by atoms with Gasteiger partial charge in [-0.2, -0.15) is 0 Å². The monoisotopic (exact) mass is 410 g/mol. The zero-order chi connectivity index (χ0) is 21.0. The summed E-state index contributed by atoms with van der Waals surface area (Å²) in [5.74, 6) is 0.920. The molecule has 9 heteroatoms. The number of hydrogen-bond donors (Lipinski definition) is 0. The molecule has 6 nitrogen and oxygen atoms in total. The molecule has 1 aliphatic rings. The van der Waals surface area contributed by atoms with E-state index in [4.69, 9.17) is 0 Å². The molecule has 0 bridgehead atoms. The predicted molar refractivity (Wildman–Crippen MR) is 102 cm³/mol. The number of rotatable bonds is 6. The number of benzene rings is 1. The van der Waals surface area contributed by atoms with Gasteiger partial charge in [-0.25, -0.2) is 4.98 Å². The van der Waals surface area contributed by atoms with E-state index in [1.807, 2.05) is 12.4 Å². The van der Waals surface area contributed by atoms with Gasteiger partial charge in [0.25, 0.3) is 5.91 Å². The van der Waals surface area contributed by atoms with E-state index < -0.39 is 6.36 Å². The van der Waals surface area contributed by atoms with Crippen LogP contribution in [0.3, 0.4) is 0 Å². The Morgan fingerprint density at radius 2 is 1.76 bits per heavy atom. The first-order chi connectivity index (χ1) is 13.7. The summed E-state index contributed by atoms with van der Waals surface area (Å²) < 4.78 is 42.7. The van der Waals surface area contributed by atoms with Crippen molar-refractivity contribution in [2.45, 2.75) is 32.7 Å². The molecule has 0 radical (unpaired) electrons. The van der Waals surface area contributed by atoms with Crippen LogP contribution in [-0.4, -0.2) is 64.3 Å². The fraction of sp³-hybridized carbons (Fsp3) is 0.500. The summed E-state index contributed by atoms with van der Waals surface area (Å²) in [6, 6.07) is 5.05. The Kier molecular flexibility index (Phi) is 6.46. The van der Waals surface area contributed by atoms with Gasteiger partial charge >= 0.3 is 6.36 Å². The lowest BCUT2D eigenvalue weighted by Gasteiger charge is -2.35. The normalized spacial score (nSPS) is 15.7. The van der Waals surface area contributed by atoms with Gasteiger partial charge in [0.05, 0.1) is 0 Å². The molecule has 0 spiro atoms. The van der Waals surface area contributed by atoms with E-state index in [1.165, 1.54) is 12.1 Å². The van der Waals surface area contributed by atoms with Gasteiger partial charge in [-0.15, -0.1) is 13.2 Å². The first-order valence-electron chi connectivity index (χ1n) is 9.61. The molecule has 1 aromatic carbocycles. The molecule has 1 aliphatic heterocycles. The molecule has 0 unspecified atom stereocenters. The van der Waals surface area contributed by atoms with E-state index in [0.29, 0.717) is 24.6 Å². The highest BCUT2D eigenvalue weighted by atomic mass is 19.4. The molecule has 1 aromatic heterocycles. The zero-order valence-electron chi connectivity index (χ0n) is 16.5. The lowest BCUT2D eigenvalue weighted by molar-refractivity contribution is -0.274. The van der Waals surface area contributed by atoms with Gasteiger partial charge < -0.3 is 14.2 Å². The summed E-state index contributed by atoms with van der Waals surface area (Å²) in [6.07, 6.45) is -0.938. The lowest BCUT2D eigenvalue weighted by atomic mass is 10.1. The highest BCUT2D eigenvalue weighted by Gasteiger charge is 2.31. The van der Waals surface area contributed by atoms with Crippen LogP contribution >= 0.6 is 0 Å². The molecular formula is C20H25F3N4O2. The van der Waals surface area contributed by atoms with Crippen LogP contribution in [0.2, 0.25) is 0 Å². The number of aromatic nitrogens is 2. The average molecular weight is 410 g/mol. The molecule has 1 saturated heterocycles.